The summed E-state index contributed by atoms with van der Waals surface area (Å²) in [6.45, 7) is 2.12. The average molecular weight is 143 g/mol. The van der Waals surface area contributed by atoms with Crippen LogP contribution in [0, 0.1) is 6.42 Å². The molecule has 0 aliphatic rings. The molecule has 0 amide bonds. The lowest BCUT2D eigenvalue weighted by molar-refractivity contribution is -0.137. The zero-order valence-corrected chi connectivity index (χ0v) is 6.47. The highest BCUT2D eigenvalue weighted by Crippen LogP contribution is 2.02. The zero-order chi connectivity index (χ0) is 7.82. The molecular weight excluding hydrogens is 128 g/mol. The van der Waals surface area contributed by atoms with E-state index in [0.29, 0.717) is 6.42 Å². The summed E-state index contributed by atoms with van der Waals surface area (Å²) >= 11 is 0. The molecule has 0 saturated heterocycles. The van der Waals surface area contributed by atoms with E-state index in [1.807, 2.05) is 0 Å². The van der Waals surface area contributed by atoms with Gasteiger partial charge in [0.15, 0.2) is 0 Å². The van der Waals surface area contributed by atoms with Crippen molar-refractivity contribution in [2.75, 3.05) is 0 Å². The van der Waals surface area contributed by atoms with Crippen molar-refractivity contribution in [1.29, 1.82) is 0 Å². The van der Waals surface area contributed by atoms with Crippen molar-refractivity contribution < 1.29 is 9.90 Å². The van der Waals surface area contributed by atoms with E-state index in [4.69, 9.17) is 5.11 Å². The number of carboxylic acids is 1. The lowest BCUT2D eigenvalue weighted by Gasteiger charge is -1.94. The Morgan fingerprint density at radius 1 is 1.50 bits per heavy atom. The number of rotatable bonds is 6. The molecule has 0 unspecified atom stereocenters. The van der Waals surface area contributed by atoms with Crippen LogP contribution in [0.15, 0.2) is 0 Å². The predicted octanol–water partition coefficient (Wildman–Crippen LogP) is 2.25. The van der Waals surface area contributed by atoms with Crippen LogP contribution >= 0.6 is 0 Å². The maximum atomic E-state index is 10.0. The van der Waals surface area contributed by atoms with Crippen molar-refractivity contribution in [3.63, 3.8) is 0 Å². The number of aliphatic carboxylic acids is 1. The molecular formula is C8H15O2. The van der Waals surface area contributed by atoms with Gasteiger partial charge in [0.05, 0.1) is 0 Å². The molecule has 0 fully saturated rings. The van der Waals surface area contributed by atoms with Crippen molar-refractivity contribution in [3.05, 3.63) is 6.42 Å². The first kappa shape index (κ1) is 9.47. The van der Waals surface area contributed by atoms with Crippen LogP contribution in [0.3, 0.4) is 0 Å². The van der Waals surface area contributed by atoms with Gasteiger partial charge in [-0.1, -0.05) is 19.8 Å². The minimum Gasteiger partial charge on any atom is -0.481 e. The largest absolute Gasteiger partial charge is 0.481 e. The summed E-state index contributed by atoms with van der Waals surface area (Å²) in [5, 5.41) is 8.26. The topological polar surface area (TPSA) is 37.3 Å². The molecule has 1 radical (unpaired) electrons. The van der Waals surface area contributed by atoms with E-state index < -0.39 is 5.97 Å². The third-order valence-corrected chi connectivity index (χ3v) is 1.29. The second-order valence-corrected chi connectivity index (χ2v) is 2.36. The first-order valence-electron chi connectivity index (χ1n) is 3.80. The Labute approximate surface area is 62.2 Å². The Kier molecular flexibility index (Phi) is 6.24. The number of unbranched alkanes of at least 4 members (excludes halogenated alkanes) is 4. The summed E-state index contributed by atoms with van der Waals surface area (Å²) in [4.78, 5) is 10.0. The van der Waals surface area contributed by atoms with Gasteiger partial charge in [0.2, 0.25) is 0 Å². The molecule has 0 atom stereocenters. The first-order valence-corrected chi connectivity index (χ1v) is 3.80. The van der Waals surface area contributed by atoms with Gasteiger partial charge in [-0.15, -0.1) is 0 Å². The second kappa shape index (κ2) is 6.59. The summed E-state index contributed by atoms with van der Waals surface area (Å²) in [6.07, 6.45) is 6.46. The van der Waals surface area contributed by atoms with Gasteiger partial charge in [-0.25, -0.2) is 0 Å². The molecule has 0 aliphatic carbocycles. The lowest BCUT2D eigenvalue weighted by atomic mass is 10.1. The highest BCUT2D eigenvalue weighted by Gasteiger charge is 1.94. The van der Waals surface area contributed by atoms with Gasteiger partial charge in [0.25, 0.3) is 0 Å². The van der Waals surface area contributed by atoms with Gasteiger partial charge in [0, 0.05) is 6.42 Å². The van der Waals surface area contributed by atoms with Crippen molar-refractivity contribution in [3.8, 4) is 0 Å². The Balaban J connectivity index is 2.84. The third kappa shape index (κ3) is 7.47. The number of carboxylic acid groups (broad SMARTS) is 1. The molecule has 10 heavy (non-hydrogen) atoms. The Morgan fingerprint density at radius 3 is 2.70 bits per heavy atom. The van der Waals surface area contributed by atoms with E-state index in [0.717, 1.165) is 25.7 Å². The Bertz CT molecular complexity index is 89.3. The smallest absolute Gasteiger partial charge is 0.303 e. The standard InChI is InChI=1S/C8H15O2/c1-2-3-4-5-6-7-8(9)10/h4H,2-3,5-7H2,1H3,(H,9,10). The highest BCUT2D eigenvalue weighted by atomic mass is 16.4. The fourth-order valence-electron chi connectivity index (χ4n) is 0.746. The monoisotopic (exact) mass is 143 g/mol. The summed E-state index contributed by atoms with van der Waals surface area (Å²) < 4.78 is 0. The SMILES string of the molecule is CCC[CH]CCCC(=O)O. The maximum absolute atomic E-state index is 10.0. The normalized spacial score (nSPS) is 9.70. The number of hydrogen-bond acceptors (Lipinski definition) is 1. The van der Waals surface area contributed by atoms with Gasteiger partial charge >= 0.3 is 5.97 Å². The molecule has 0 heterocycles. The molecule has 0 aromatic rings. The van der Waals surface area contributed by atoms with Crippen LogP contribution in [0.5, 0.6) is 0 Å². The van der Waals surface area contributed by atoms with Gasteiger partial charge in [-0.2, -0.15) is 0 Å². The van der Waals surface area contributed by atoms with Crippen LogP contribution in [0.4, 0.5) is 0 Å². The summed E-state index contributed by atoms with van der Waals surface area (Å²) in [6, 6.07) is 0. The fraction of sp³-hybridized carbons (Fsp3) is 0.750. The van der Waals surface area contributed by atoms with Gasteiger partial charge < -0.3 is 5.11 Å². The second-order valence-electron chi connectivity index (χ2n) is 2.36. The minimum atomic E-state index is -0.690. The molecule has 59 valence electrons. The number of carbonyl (C=O) groups is 1. The van der Waals surface area contributed by atoms with E-state index in [1.165, 1.54) is 0 Å². The van der Waals surface area contributed by atoms with Crippen LogP contribution in [-0.4, -0.2) is 11.1 Å². The first-order chi connectivity index (χ1) is 4.77. The molecule has 0 aromatic heterocycles. The van der Waals surface area contributed by atoms with E-state index in [2.05, 4.69) is 13.3 Å². The molecule has 0 aromatic carbocycles. The molecule has 0 spiro atoms. The van der Waals surface area contributed by atoms with Crippen molar-refractivity contribution in [1.82, 2.24) is 0 Å². The van der Waals surface area contributed by atoms with Gasteiger partial charge in [-0.05, 0) is 19.3 Å². The molecule has 0 rings (SSSR count). The van der Waals surface area contributed by atoms with Crippen LogP contribution in [-0.2, 0) is 4.79 Å². The molecule has 2 heteroatoms. The van der Waals surface area contributed by atoms with E-state index in [9.17, 15) is 4.79 Å². The van der Waals surface area contributed by atoms with Gasteiger partial charge in [0.1, 0.15) is 0 Å². The maximum Gasteiger partial charge on any atom is 0.303 e. The number of hydrogen-bond donors (Lipinski definition) is 1. The summed E-state index contributed by atoms with van der Waals surface area (Å²) in [5.74, 6) is -0.690. The quantitative estimate of drug-likeness (QED) is 0.579. The van der Waals surface area contributed by atoms with Crippen LogP contribution < -0.4 is 0 Å². The Hall–Kier alpha value is -0.530. The molecule has 1 N–H and O–H groups in total. The van der Waals surface area contributed by atoms with Crippen LogP contribution in [0.25, 0.3) is 0 Å². The summed E-state index contributed by atoms with van der Waals surface area (Å²) in [7, 11) is 0. The Morgan fingerprint density at radius 2 is 2.20 bits per heavy atom. The summed E-state index contributed by atoms with van der Waals surface area (Å²) in [5.41, 5.74) is 0. The zero-order valence-electron chi connectivity index (χ0n) is 6.47. The fourth-order valence-corrected chi connectivity index (χ4v) is 0.746. The van der Waals surface area contributed by atoms with Crippen molar-refractivity contribution in [2.45, 2.75) is 39.0 Å². The molecule has 2 nitrogen and oxygen atoms in total. The lowest BCUT2D eigenvalue weighted by Crippen LogP contribution is -1.93. The van der Waals surface area contributed by atoms with E-state index >= 15 is 0 Å². The van der Waals surface area contributed by atoms with Crippen molar-refractivity contribution >= 4 is 5.97 Å². The predicted molar refractivity (Wildman–Crippen MR) is 40.7 cm³/mol. The van der Waals surface area contributed by atoms with Crippen molar-refractivity contribution in [2.24, 2.45) is 0 Å². The van der Waals surface area contributed by atoms with E-state index in [-0.39, 0.29) is 0 Å². The average Bonchev–Trinajstić information content (AvgIpc) is 1.87. The minimum absolute atomic E-state index is 0.306. The van der Waals surface area contributed by atoms with Crippen LogP contribution in [0.2, 0.25) is 0 Å². The van der Waals surface area contributed by atoms with Crippen LogP contribution in [0.1, 0.15) is 39.0 Å². The third-order valence-electron chi connectivity index (χ3n) is 1.29. The van der Waals surface area contributed by atoms with Gasteiger partial charge in [-0.3, -0.25) is 4.79 Å². The van der Waals surface area contributed by atoms with E-state index in [1.54, 1.807) is 0 Å². The highest BCUT2D eigenvalue weighted by molar-refractivity contribution is 5.66. The molecule has 0 saturated carbocycles. The molecule has 0 aliphatic heterocycles. The molecule has 0 bridgehead atoms.